The van der Waals surface area contributed by atoms with Crippen LogP contribution in [0.4, 0.5) is 17.5 Å². The van der Waals surface area contributed by atoms with Crippen molar-refractivity contribution in [2.24, 2.45) is 0 Å². The van der Waals surface area contributed by atoms with Crippen molar-refractivity contribution < 1.29 is 4.79 Å². The summed E-state index contributed by atoms with van der Waals surface area (Å²) in [4.78, 5) is 22.9. The summed E-state index contributed by atoms with van der Waals surface area (Å²) >= 11 is 6.31. The minimum absolute atomic E-state index is 0.00510. The van der Waals surface area contributed by atoms with Gasteiger partial charge in [-0.2, -0.15) is 10.1 Å². The van der Waals surface area contributed by atoms with E-state index in [0.29, 0.717) is 29.8 Å². The van der Waals surface area contributed by atoms with Gasteiger partial charge in [0.15, 0.2) is 11.6 Å². The van der Waals surface area contributed by atoms with Gasteiger partial charge in [0.1, 0.15) is 5.02 Å². The monoisotopic (exact) mass is 479 g/mol. The molecule has 0 amide bonds. The van der Waals surface area contributed by atoms with Crippen LogP contribution in [0.2, 0.25) is 5.02 Å². The van der Waals surface area contributed by atoms with E-state index >= 15 is 0 Å². The highest BCUT2D eigenvalue weighted by Gasteiger charge is 2.11. The van der Waals surface area contributed by atoms with E-state index < -0.39 is 0 Å². The number of hydrogen-bond donors (Lipinski definition) is 2. The number of ketones is 1. The van der Waals surface area contributed by atoms with Crippen molar-refractivity contribution in [3.63, 3.8) is 0 Å². The Kier molecular flexibility index (Phi) is 8.27. The van der Waals surface area contributed by atoms with Crippen molar-refractivity contribution in [1.29, 1.82) is 0 Å². The number of rotatable bonds is 11. The third-order valence-corrected chi connectivity index (χ3v) is 6.06. The van der Waals surface area contributed by atoms with Crippen LogP contribution in [0.15, 0.2) is 55.5 Å². The highest BCUT2D eigenvalue weighted by Crippen LogP contribution is 2.22. The number of nitrogens with one attached hydrogen (secondary N) is 2. The average Bonchev–Trinajstić information content (AvgIpc) is 3.31. The van der Waals surface area contributed by atoms with Gasteiger partial charge in [-0.25, -0.2) is 4.98 Å². The Hall–Kier alpha value is -3.23. The summed E-state index contributed by atoms with van der Waals surface area (Å²) < 4.78 is 1.94. The lowest BCUT2D eigenvalue weighted by atomic mass is 10.1. The topological polar surface area (TPSA) is 88.0 Å². The first-order valence-electron chi connectivity index (χ1n) is 11.6. The fourth-order valence-electron chi connectivity index (χ4n) is 3.97. The van der Waals surface area contributed by atoms with Crippen LogP contribution in [-0.2, 0) is 24.3 Å². The molecule has 34 heavy (non-hydrogen) atoms. The Balaban J connectivity index is 1.33. The molecule has 0 atom stereocenters. The van der Waals surface area contributed by atoms with Crippen LogP contribution in [0, 0.1) is 0 Å². The van der Waals surface area contributed by atoms with Gasteiger partial charge in [-0.1, -0.05) is 48.9 Å². The molecular weight excluding hydrogens is 450 g/mol. The van der Waals surface area contributed by atoms with Crippen molar-refractivity contribution in [2.45, 2.75) is 38.8 Å². The van der Waals surface area contributed by atoms with Gasteiger partial charge in [-0.15, -0.1) is 0 Å². The summed E-state index contributed by atoms with van der Waals surface area (Å²) in [6.07, 6.45) is 10.9. The van der Waals surface area contributed by atoms with Gasteiger partial charge >= 0.3 is 0 Å². The SMILES string of the molecule is C=CC(=O)Cc1cccc(CNc2nc(Nc3cnn(CCN4CCCCC4)c3)ncc2Cl)c1. The second kappa shape index (κ2) is 11.8. The van der Waals surface area contributed by atoms with E-state index in [1.54, 1.807) is 12.4 Å². The number of aromatic nitrogens is 4. The first kappa shape index (κ1) is 23.9. The van der Waals surface area contributed by atoms with Crippen LogP contribution in [0.5, 0.6) is 0 Å². The smallest absolute Gasteiger partial charge is 0.229 e. The van der Waals surface area contributed by atoms with E-state index in [9.17, 15) is 4.79 Å². The normalized spacial score (nSPS) is 14.0. The van der Waals surface area contributed by atoms with Crippen molar-refractivity contribution in [1.82, 2.24) is 24.6 Å². The number of carbonyl (C=O) groups is 1. The molecule has 0 radical (unpaired) electrons. The lowest BCUT2D eigenvalue weighted by Gasteiger charge is -2.26. The molecule has 0 spiro atoms. The number of hydrogen-bond acceptors (Lipinski definition) is 7. The zero-order valence-electron chi connectivity index (χ0n) is 19.2. The van der Waals surface area contributed by atoms with E-state index in [4.69, 9.17) is 11.6 Å². The Morgan fingerprint density at radius 2 is 1.97 bits per heavy atom. The zero-order valence-corrected chi connectivity index (χ0v) is 20.0. The Morgan fingerprint density at radius 3 is 2.79 bits per heavy atom. The molecule has 2 aromatic heterocycles. The van der Waals surface area contributed by atoms with Crippen LogP contribution in [0.3, 0.4) is 0 Å². The summed E-state index contributed by atoms with van der Waals surface area (Å²) in [5.74, 6) is 0.964. The Morgan fingerprint density at radius 1 is 1.15 bits per heavy atom. The first-order chi connectivity index (χ1) is 16.6. The fourth-order valence-corrected chi connectivity index (χ4v) is 4.12. The van der Waals surface area contributed by atoms with Crippen molar-refractivity contribution in [2.75, 3.05) is 30.3 Å². The van der Waals surface area contributed by atoms with E-state index in [0.717, 1.165) is 29.9 Å². The van der Waals surface area contributed by atoms with Gasteiger partial charge in [0.25, 0.3) is 0 Å². The number of carbonyl (C=O) groups excluding carboxylic acids is 1. The average molecular weight is 480 g/mol. The van der Waals surface area contributed by atoms with Gasteiger partial charge in [-0.05, 0) is 43.1 Å². The summed E-state index contributed by atoms with van der Waals surface area (Å²) in [5, 5.41) is 11.3. The van der Waals surface area contributed by atoms with Gasteiger partial charge in [0, 0.05) is 25.7 Å². The minimum Gasteiger partial charge on any atom is -0.365 e. The van der Waals surface area contributed by atoms with Gasteiger partial charge in [0.2, 0.25) is 5.95 Å². The lowest BCUT2D eigenvalue weighted by Crippen LogP contribution is -2.32. The molecule has 1 aliphatic heterocycles. The van der Waals surface area contributed by atoms with Crippen molar-refractivity contribution >= 4 is 34.8 Å². The van der Waals surface area contributed by atoms with E-state index in [1.165, 1.54) is 38.4 Å². The van der Waals surface area contributed by atoms with E-state index in [2.05, 4.69) is 37.2 Å². The summed E-state index contributed by atoms with van der Waals surface area (Å²) in [6, 6.07) is 7.83. The molecule has 3 aromatic rings. The Labute approximate surface area is 205 Å². The second-order valence-corrected chi connectivity index (χ2v) is 8.84. The molecule has 4 rings (SSSR count). The molecular formula is C25H30ClN7O. The van der Waals surface area contributed by atoms with E-state index in [-0.39, 0.29) is 5.78 Å². The molecule has 1 saturated heterocycles. The predicted molar refractivity (Wildman–Crippen MR) is 136 cm³/mol. The van der Waals surface area contributed by atoms with Crippen LogP contribution in [0.1, 0.15) is 30.4 Å². The molecule has 2 N–H and O–H groups in total. The molecule has 1 aromatic carbocycles. The number of halogens is 1. The standard InChI is InChI=1S/C25H30ClN7O/c1-2-22(34)14-19-7-6-8-20(13-19)15-27-24-23(26)17-28-25(31-24)30-21-16-29-33(18-21)12-11-32-9-4-3-5-10-32/h2,6-8,13,16-18H,1,3-5,9-12,14-15H2,(H2,27,28,30,31). The van der Waals surface area contributed by atoms with Crippen molar-refractivity contribution in [3.05, 3.63) is 71.7 Å². The molecule has 1 aliphatic rings. The predicted octanol–water partition coefficient (Wildman–Crippen LogP) is 4.47. The molecule has 0 bridgehead atoms. The summed E-state index contributed by atoms with van der Waals surface area (Å²) in [6.45, 7) is 8.26. The number of allylic oxidation sites excluding steroid dienone is 1. The highest BCUT2D eigenvalue weighted by atomic mass is 35.5. The van der Waals surface area contributed by atoms with Gasteiger partial charge < -0.3 is 15.5 Å². The maximum absolute atomic E-state index is 11.6. The highest BCUT2D eigenvalue weighted by molar-refractivity contribution is 6.32. The quantitative estimate of drug-likeness (QED) is 0.392. The summed E-state index contributed by atoms with van der Waals surface area (Å²) in [7, 11) is 0. The lowest BCUT2D eigenvalue weighted by molar-refractivity contribution is -0.114. The maximum Gasteiger partial charge on any atom is 0.229 e. The third-order valence-electron chi connectivity index (χ3n) is 5.78. The fraction of sp³-hybridized carbons (Fsp3) is 0.360. The molecule has 9 heteroatoms. The number of piperidine rings is 1. The van der Waals surface area contributed by atoms with Crippen molar-refractivity contribution in [3.8, 4) is 0 Å². The molecule has 8 nitrogen and oxygen atoms in total. The minimum atomic E-state index is -0.00510. The Bertz CT molecular complexity index is 1120. The number of benzene rings is 1. The number of nitrogens with zero attached hydrogens (tertiary/aromatic N) is 5. The molecule has 178 valence electrons. The summed E-state index contributed by atoms with van der Waals surface area (Å²) in [5.41, 5.74) is 2.79. The largest absolute Gasteiger partial charge is 0.365 e. The van der Waals surface area contributed by atoms with Crippen LogP contribution in [0.25, 0.3) is 0 Å². The third kappa shape index (κ3) is 6.88. The van der Waals surface area contributed by atoms with Crippen LogP contribution < -0.4 is 10.6 Å². The molecule has 3 heterocycles. The van der Waals surface area contributed by atoms with Crippen LogP contribution in [-0.4, -0.2) is 50.1 Å². The van der Waals surface area contributed by atoms with Gasteiger partial charge in [0.05, 0.1) is 24.6 Å². The molecule has 1 fully saturated rings. The van der Waals surface area contributed by atoms with Crippen LogP contribution >= 0.6 is 11.6 Å². The zero-order chi connectivity index (χ0) is 23.8. The maximum atomic E-state index is 11.6. The number of anilines is 3. The molecule has 0 aliphatic carbocycles. The van der Waals surface area contributed by atoms with Gasteiger partial charge in [-0.3, -0.25) is 9.48 Å². The second-order valence-electron chi connectivity index (χ2n) is 8.43. The molecule has 0 saturated carbocycles. The first-order valence-corrected chi connectivity index (χ1v) is 12.0. The number of likely N-dealkylation sites (tertiary alicyclic amines) is 1. The van der Waals surface area contributed by atoms with E-state index in [1.807, 2.05) is 35.1 Å². The molecule has 0 unspecified atom stereocenters.